The lowest BCUT2D eigenvalue weighted by Gasteiger charge is -2.14. The second kappa shape index (κ2) is 7.34. The highest BCUT2D eigenvalue weighted by Crippen LogP contribution is 2.28. The van der Waals surface area contributed by atoms with Crippen LogP contribution in [0.5, 0.6) is 5.88 Å². The van der Waals surface area contributed by atoms with Crippen LogP contribution in [0, 0.1) is 0 Å². The predicted octanol–water partition coefficient (Wildman–Crippen LogP) is 3.42. The molecule has 8 heteroatoms. The third-order valence-corrected chi connectivity index (χ3v) is 5.16. The fourth-order valence-electron chi connectivity index (χ4n) is 1.78. The van der Waals surface area contributed by atoms with E-state index in [0.717, 1.165) is 22.7 Å². The monoisotopic (exact) mass is 384 g/mol. The summed E-state index contributed by atoms with van der Waals surface area (Å²) in [4.78, 5) is 5.75. The van der Waals surface area contributed by atoms with Crippen LogP contribution >= 0.6 is 15.9 Å². The molecule has 0 amide bonds. The number of methoxy groups -OCH3 is 1. The van der Waals surface area contributed by atoms with Gasteiger partial charge in [-0.2, -0.15) is 15.0 Å². The largest absolute Gasteiger partial charge is 0.481 e. The molecule has 2 rings (SSSR count). The molecule has 0 radical (unpaired) electrons. The molecule has 0 aliphatic carbocycles. The first kappa shape index (κ1) is 17.1. The van der Waals surface area contributed by atoms with E-state index in [4.69, 9.17) is 9.47 Å². The van der Waals surface area contributed by atoms with Crippen molar-refractivity contribution in [2.24, 2.45) is 0 Å². The number of rotatable bonds is 7. The first-order valence-corrected chi connectivity index (χ1v) is 11.6. The van der Waals surface area contributed by atoms with Gasteiger partial charge in [-0.25, -0.2) is 4.98 Å². The van der Waals surface area contributed by atoms with Crippen LogP contribution in [0.2, 0.25) is 25.7 Å². The summed E-state index contributed by atoms with van der Waals surface area (Å²) in [6.07, 6.45) is 3.38. The smallest absolute Gasteiger partial charge is 0.222 e. The van der Waals surface area contributed by atoms with E-state index >= 15 is 0 Å². The lowest BCUT2D eigenvalue weighted by molar-refractivity contribution is 0.0686. The van der Waals surface area contributed by atoms with E-state index in [1.165, 1.54) is 0 Å². The molecule has 2 aromatic heterocycles. The summed E-state index contributed by atoms with van der Waals surface area (Å²) < 4.78 is 11.8. The molecule has 6 nitrogen and oxygen atoms in total. The standard InChI is InChI=1S/C14H21BrN4O2Si/c1-20-14-12(7-11(15)8-16-14)13-9-17-19(18-13)10-21-5-6-22(2,3)4/h7-9H,5-6,10H2,1-4H3. The van der Waals surface area contributed by atoms with Crippen molar-refractivity contribution >= 4 is 24.0 Å². The Kier molecular flexibility index (Phi) is 5.71. The molecule has 0 saturated heterocycles. The normalized spacial score (nSPS) is 11.7. The Morgan fingerprint density at radius 2 is 2.05 bits per heavy atom. The van der Waals surface area contributed by atoms with Crippen molar-refractivity contribution in [2.45, 2.75) is 32.4 Å². The van der Waals surface area contributed by atoms with Crippen molar-refractivity contribution in [3.63, 3.8) is 0 Å². The van der Waals surface area contributed by atoms with Crippen molar-refractivity contribution in [1.82, 2.24) is 20.0 Å². The van der Waals surface area contributed by atoms with Gasteiger partial charge in [-0.3, -0.25) is 0 Å². The second-order valence-electron chi connectivity index (χ2n) is 6.16. The van der Waals surface area contributed by atoms with Crippen molar-refractivity contribution in [2.75, 3.05) is 13.7 Å². The van der Waals surface area contributed by atoms with Gasteiger partial charge in [0.05, 0.1) is 18.9 Å². The van der Waals surface area contributed by atoms with Crippen LogP contribution in [0.1, 0.15) is 0 Å². The van der Waals surface area contributed by atoms with E-state index in [2.05, 4.69) is 50.8 Å². The predicted molar refractivity (Wildman–Crippen MR) is 91.6 cm³/mol. The zero-order chi connectivity index (χ0) is 16.2. The van der Waals surface area contributed by atoms with E-state index in [1.54, 1.807) is 24.3 Å². The highest BCUT2D eigenvalue weighted by Gasteiger charge is 2.13. The van der Waals surface area contributed by atoms with E-state index in [9.17, 15) is 0 Å². The van der Waals surface area contributed by atoms with Crippen molar-refractivity contribution in [1.29, 1.82) is 0 Å². The maximum atomic E-state index is 5.64. The van der Waals surface area contributed by atoms with Gasteiger partial charge in [-0.15, -0.1) is 0 Å². The average molecular weight is 385 g/mol. The maximum Gasteiger partial charge on any atom is 0.222 e. The Bertz CT molecular complexity index is 628. The minimum absolute atomic E-state index is 0.355. The summed E-state index contributed by atoms with van der Waals surface area (Å²) in [7, 11) is 0.520. The van der Waals surface area contributed by atoms with Gasteiger partial charge in [0.15, 0.2) is 6.73 Å². The molecular weight excluding hydrogens is 364 g/mol. The molecule has 120 valence electrons. The van der Waals surface area contributed by atoms with Crippen LogP contribution in [0.3, 0.4) is 0 Å². The van der Waals surface area contributed by atoms with E-state index in [0.29, 0.717) is 18.3 Å². The molecule has 0 aliphatic heterocycles. The molecule has 22 heavy (non-hydrogen) atoms. The van der Waals surface area contributed by atoms with Gasteiger partial charge in [0.25, 0.3) is 0 Å². The summed E-state index contributed by atoms with van der Waals surface area (Å²) >= 11 is 3.41. The fraction of sp³-hybridized carbons (Fsp3) is 0.500. The zero-order valence-electron chi connectivity index (χ0n) is 13.3. The van der Waals surface area contributed by atoms with Gasteiger partial charge in [0.1, 0.15) is 5.69 Å². The summed E-state index contributed by atoms with van der Waals surface area (Å²) in [5.41, 5.74) is 1.50. The van der Waals surface area contributed by atoms with Gasteiger partial charge in [-0.1, -0.05) is 19.6 Å². The Labute approximate surface area is 140 Å². The van der Waals surface area contributed by atoms with Gasteiger partial charge in [-0.05, 0) is 28.0 Å². The van der Waals surface area contributed by atoms with Crippen LogP contribution in [-0.2, 0) is 11.5 Å². The van der Waals surface area contributed by atoms with E-state index in [-0.39, 0.29) is 0 Å². The highest BCUT2D eigenvalue weighted by atomic mass is 79.9. The molecule has 0 spiro atoms. The van der Waals surface area contributed by atoms with Crippen molar-refractivity contribution < 1.29 is 9.47 Å². The lowest BCUT2D eigenvalue weighted by Crippen LogP contribution is -2.22. The number of halogens is 1. The number of aromatic nitrogens is 4. The molecule has 0 N–H and O–H groups in total. The first-order valence-electron chi connectivity index (χ1n) is 7.07. The molecule has 0 atom stereocenters. The SMILES string of the molecule is COc1ncc(Br)cc1-c1cnn(COCC[Si](C)(C)C)n1. The van der Waals surface area contributed by atoms with Crippen LogP contribution in [0.4, 0.5) is 0 Å². The summed E-state index contributed by atoms with van der Waals surface area (Å²) in [5.74, 6) is 0.523. The summed E-state index contributed by atoms with van der Waals surface area (Å²) in [5, 5.41) is 8.64. The first-order chi connectivity index (χ1) is 10.4. The Hall–Kier alpha value is -1.25. The minimum atomic E-state index is -1.07. The molecule has 2 heterocycles. The van der Waals surface area contributed by atoms with Gasteiger partial charge in [0, 0.05) is 25.4 Å². The van der Waals surface area contributed by atoms with Gasteiger partial charge < -0.3 is 9.47 Å². The lowest BCUT2D eigenvalue weighted by atomic mass is 10.2. The second-order valence-corrected chi connectivity index (χ2v) is 12.7. The number of ether oxygens (including phenoxy) is 2. The highest BCUT2D eigenvalue weighted by molar-refractivity contribution is 9.10. The Balaban J connectivity index is 2.01. The fourth-order valence-corrected chi connectivity index (χ4v) is 2.87. The molecule has 2 aromatic rings. The zero-order valence-corrected chi connectivity index (χ0v) is 15.9. The maximum absolute atomic E-state index is 5.64. The summed E-state index contributed by atoms with van der Waals surface area (Å²) in [6.45, 7) is 8.08. The van der Waals surface area contributed by atoms with Crippen LogP contribution < -0.4 is 4.74 Å². The Morgan fingerprint density at radius 3 is 2.73 bits per heavy atom. The van der Waals surface area contributed by atoms with Crippen LogP contribution in [0.25, 0.3) is 11.3 Å². The van der Waals surface area contributed by atoms with Crippen molar-refractivity contribution in [3.8, 4) is 17.1 Å². The molecule has 0 aliphatic rings. The summed E-state index contributed by atoms with van der Waals surface area (Å²) in [6, 6.07) is 3.04. The van der Waals surface area contributed by atoms with E-state index < -0.39 is 8.07 Å². The number of pyridine rings is 1. The van der Waals surface area contributed by atoms with Crippen LogP contribution in [0.15, 0.2) is 22.9 Å². The molecule has 0 saturated carbocycles. The molecule has 0 bridgehead atoms. The number of hydrogen-bond acceptors (Lipinski definition) is 5. The Morgan fingerprint density at radius 1 is 1.27 bits per heavy atom. The van der Waals surface area contributed by atoms with Gasteiger partial charge >= 0.3 is 0 Å². The minimum Gasteiger partial charge on any atom is -0.481 e. The topological polar surface area (TPSA) is 62.1 Å². The van der Waals surface area contributed by atoms with Gasteiger partial charge in [0.2, 0.25) is 5.88 Å². The third-order valence-electron chi connectivity index (χ3n) is 3.03. The molecule has 0 unspecified atom stereocenters. The number of hydrogen-bond donors (Lipinski definition) is 0. The van der Waals surface area contributed by atoms with Crippen molar-refractivity contribution in [3.05, 3.63) is 22.9 Å². The van der Waals surface area contributed by atoms with E-state index in [1.807, 2.05) is 6.07 Å². The number of nitrogens with zero attached hydrogens (tertiary/aromatic N) is 4. The average Bonchev–Trinajstić information content (AvgIpc) is 2.91. The van der Waals surface area contributed by atoms with Crippen LogP contribution in [-0.4, -0.2) is 41.8 Å². The molecule has 0 fully saturated rings. The molecule has 0 aromatic carbocycles. The third kappa shape index (κ3) is 4.89. The molecular formula is C14H21BrN4O2Si. The quantitative estimate of drug-likeness (QED) is 0.540.